The van der Waals surface area contributed by atoms with Gasteiger partial charge in [-0.2, -0.15) is 12.6 Å². The van der Waals surface area contributed by atoms with Gasteiger partial charge in [0.25, 0.3) is 0 Å². The lowest BCUT2D eigenvalue weighted by atomic mass is 9.81. The number of benzene rings is 1. The number of anilines is 1. The molecule has 2 rings (SSSR count). The Labute approximate surface area is 126 Å². The number of ether oxygens (including phenoxy) is 1. The maximum absolute atomic E-state index is 12.4. The Balaban J connectivity index is 2.31. The Morgan fingerprint density at radius 1 is 1.35 bits per heavy atom. The molecular weight excluding hydrogens is 270 g/mol. The minimum Gasteiger partial charge on any atom is -0.491 e. The van der Waals surface area contributed by atoms with Gasteiger partial charge in [-0.15, -0.1) is 0 Å². The van der Waals surface area contributed by atoms with Gasteiger partial charge in [-0.1, -0.05) is 32.9 Å². The first-order valence-corrected chi connectivity index (χ1v) is 7.70. The van der Waals surface area contributed by atoms with E-state index in [4.69, 9.17) is 4.74 Å². The molecule has 0 fully saturated rings. The zero-order valence-corrected chi connectivity index (χ0v) is 13.3. The number of amides is 1. The van der Waals surface area contributed by atoms with Crippen LogP contribution in [0.15, 0.2) is 24.3 Å². The number of carbonyl (C=O) groups excluding carboxylic acids is 1. The monoisotopic (exact) mass is 293 g/mol. The predicted molar refractivity (Wildman–Crippen MR) is 85.7 cm³/mol. The van der Waals surface area contributed by atoms with E-state index in [0.29, 0.717) is 25.5 Å². The molecule has 4 heteroatoms. The highest BCUT2D eigenvalue weighted by molar-refractivity contribution is 7.80. The molecule has 0 aromatic heterocycles. The third kappa shape index (κ3) is 3.29. The lowest BCUT2D eigenvalue weighted by Gasteiger charge is -2.34. The summed E-state index contributed by atoms with van der Waals surface area (Å²) in [7, 11) is 0. The highest BCUT2D eigenvalue weighted by atomic mass is 32.1. The number of carbonyl (C=O) groups is 1. The Morgan fingerprint density at radius 3 is 2.70 bits per heavy atom. The van der Waals surface area contributed by atoms with Crippen LogP contribution in [-0.4, -0.2) is 24.8 Å². The van der Waals surface area contributed by atoms with E-state index >= 15 is 0 Å². The first-order chi connectivity index (χ1) is 9.43. The average Bonchev–Trinajstić information content (AvgIpc) is 2.54. The van der Waals surface area contributed by atoms with Crippen LogP contribution in [0, 0.1) is 11.3 Å². The van der Waals surface area contributed by atoms with Gasteiger partial charge in [0.2, 0.25) is 5.91 Å². The number of para-hydroxylation sites is 2. The highest BCUT2D eigenvalue weighted by Gasteiger charge is 2.30. The van der Waals surface area contributed by atoms with Crippen LogP contribution >= 0.6 is 12.6 Å². The fourth-order valence-electron chi connectivity index (χ4n) is 2.35. The molecule has 1 unspecified atom stereocenters. The topological polar surface area (TPSA) is 29.5 Å². The highest BCUT2D eigenvalue weighted by Crippen LogP contribution is 2.34. The minimum absolute atomic E-state index is 0.115. The molecule has 1 aliphatic rings. The fourth-order valence-corrected chi connectivity index (χ4v) is 3.01. The van der Waals surface area contributed by atoms with Gasteiger partial charge in [-0.25, -0.2) is 0 Å². The Bertz CT molecular complexity index is 482. The van der Waals surface area contributed by atoms with Crippen molar-refractivity contribution in [3.05, 3.63) is 24.3 Å². The zero-order chi connectivity index (χ0) is 14.8. The average molecular weight is 293 g/mol. The molecule has 1 heterocycles. The normalized spacial score (nSPS) is 17.2. The van der Waals surface area contributed by atoms with Crippen molar-refractivity contribution in [2.24, 2.45) is 11.3 Å². The van der Waals surface area contributed by atoms with E-state index < -0.39 is 0 Å². The van der Waals surface area contributed by atoms with Crippen molar-refractivity contribution in [1.29, 1.82) is 0 Å². The Morgan fingerprint density at radius 2 is 2.05 bits per heavy atom. The first kappa shape index (κ1) is 15.2. The van der Waals surface area contributed by atoms with Crippen molar-refractivity contribution in [3.8, 4) is 5.75 Å². The SMILES string of the molecule is CC(C)(C)C(CS)CN1C(=O)CCOc2ccccc21. The quantitative estimate of drug-likeness (QED) is 0.866. The van der Waals surface area contributed by atoms with Gasteiger partial charge >= 0.3 is 0 Å². The second kappa shape index (κ2) is 6.08. The van der Waals surface area contributed by atoms with Crippen LogP contribution in [-0.2, 0) is 4.79 Å². The van der Waals surface area contributed by atoms with E-state index in [-0.39, 0.29) is 11.3 Å². The summed E-state index contributed by atoms with van der Waals surface area (Å²) in [4.78, 5) is 14.2. The maximum Gasteiger partial charge on any atom is 0.230 e. The van der Waals surface area contributed by atoms with Crippen LogP contribution in [0.3, 0.4) is 0 Å². The van der Waals surface area contributed by atoms with E-state index in [2.05, 4.69) is 33.4 Å². The van der Waals surface area contributed by atoms with Gasteiger partial charge in [0.05, 0.1) is 18.7 Å². The summed E-state index contributed by atoms with van der Waals surface area (Å²) in [5.74, 6) is 2.02. The van der Waals surface area contributed by atoms with E-state index in [1.807, 2.05) is 29.2 Å². The van der Waals surface area contributed by atoms with Gasteiger partial charge in [-0.05, 0) is 29.2 Å². The smallest absolute Gasteiger partial charge is 0.230 e. The maximum atomic E-state index is 12.4. The van der Waals surface area contributed by atoms with E-state index in [9.17, 15) is 4.79 Å². The molecule has 0 aliphatic carbocycles. The van der Waals surface area contributed by atoms with Crippen molar-refractivity contribution in [2.75, 3.05) is 23.8 Å². The van der Waals surface area contributed by atoms with Crippen LogP contribution < -0.4 is 9.64 Å². The van der Waals surface area contributed by atoms with Crippen LogP contribution in [0.4, 0.5) is 5.69 Å². The third-order valence-corrected chi connectivity index (χ3v) is 4.32. The molecule has 1 aromatic rings. The lowest BCUT2D eigenvalue weighted by molar-refractivity contribution is -0.119. The molecule has 0 spiro atoms. The molecule has 3 nitrogen and oxygen atoms in total. The predicted octanol–water partition coefficient (Wildman–Crippen LogP) is 3.39. The summed E-state index contributed by atoms with van der Waals surface area (Å²) >= 11 is 4.47. The van der Waals surface area contributed by atoms with Crippen LogP contribution in [0.1, 0.15) is 27.2 Å². The first-order valence-electron chi connectivity index (χ1n) is 7.06. The van der Waals surface area contributed by atoms with Crippen molar-refractivity contribution in [1.82, 2.24) is 0 Å². The summed E-state index contributed by atoms with van der Waals surface area (Å²) in [5, 5.41) is 0. The molecule has 110 valence electrons. The Hall–Kier alpha value is -1.16. The largest absolute Gasteiger partial charge is 0.491 e. The van der Waals surface area contributed by atoms with Gasteiger partial charge in [-0.3, -0.25) is 4.79 Å². The third-order valence-electron chi connectivity index (χ3n) is 3.88. The molecule has 1 aromatic carbocycles. The van der Waals surface area contributed by atoms with Gasteiger partial charge < -0.3 is 9.64 Å². The van der Waals surface area contributed by atoms with Crippen molar-refractivity contribution in [3.63, 3.8) is 0 Å². The van der Waals surface area contributed by atoms with Crippen LogP contribution in [0.2, 0.25) is 0 Å². The molecule has 0 bridgehead atoms. The molecule has 0 saturated carbocycles. The molecule has 1 amide bonds. The fraction of sp³-hybridized carbons (Fsp3) is 0.562. The summed E-state index contributed by atoms with van der Waals surface area (Å²) in [5.41, 5.74) is 0.996. The molecule has 0 N–H and O–H groups in total. The molecular formula is C16H23NO2S. The van der Waals surface area contributed by atoms with Gasteiger partial charge in [0.1, 0.15) is 5.75 Å². The zero-order valence-electron chi connectivity index (χ0n) is 12.4. The second-order valence-corrected chi connectivity index (χ2v) is 6.68. The molecule has 0 radical (unpaired) electrons. The lowest BCUT2D eigenvalue weighted by Crippen LogP contribution is -2.40. The van der Waals surface area contributed by atoms with Crippen molar-refractivity contribution >= 4 is 24.2 Å². The van der Waals surface area contributed by atoms with Gasteiger partial charge in [0, 0.05) is 6.54 Å². The van der Waals surface area contributed by atoms with E-state index in [0.717, 1.165) is 17.2 Å². The molecule has 20 heavy (non-hydrogen) atoms. The van der Waals surface area contributed by atoms with E-state index in [1.165, 1.54) is 0 Å². The number of hydrogen-bond acceptors (Lipinski definition) is 3. The summed E-state index contributed by atoms with van der Waals surface area (Å²) < 4.78 is 5.67. The second-order valence-electron chi connectivity index (χ2n) is 6.32. The summed E-state index contributed by atoms with van der Waals surface area (Å²) in [6.07, 6.45) is 0.429. The van der Waals surface area contributed by atoms with Crippen molar-refractivity contribution < 1.29 is 9.53 Å². The number of nitrogens with zero attached hydrogens (tertiary/aromatic N) is 1. The summed E-state index contributed by atoms with van der Waals surface area (Å²) in [6.45, 7) is 7.72. The van der Waals surface area contributed by atoms with Crippen LogP contribution in [0.5, 0.6) is 5.75 Å². The molecule has 1 aliphatic heterocycles. The minimum atomic E-state index is 0.115. The van der Waals surface area contributed by atoms with E-state index in [1.54, 1.807) is 0 Å². The summed E-state index contributed by atoms with van der Waals surface area (Å²) in [6, 6.07) is 7.76. The van der Waals surface area contributed by atoms with Gasteiger partial charge in [0.15, 0.2) is 0 Å². The van der Waals surface area contributed by atoms with Crippen LogP contribution in [0.25, 0.3) is 0 Å². The molecule has 0 saturated heterocycles. The number of hydrogen-bond donors (Lipinski definition) is 1. The van der Waals surface area contributed by atoms with Crippen molar-refractivity contribution in [2.45, 2.75) is 27.2 Å². The standard InChI is InChI=1S/C16H23NO2S/c1-16(2,3)12(11-20)10-17-13-6-4-5-7-14(13)19-9-8-15(17)18/h4-7,12,20H,8-11H2,1-3H3. The number of thiol groups is 1. The molecule has 1 atom stereocenters. The Kier molecular flexibility index (Phi) is 4.63. The number of rotatable bonds is 3. The number of fused-ring (bicyclic) bond motifs is 1.